The van der Waals surface area contributed by atoms with Crippen LogP contribution in [-0.2, 0) is 4.79 Å². The van der Waals surface area contributed by atoms with Crippen LogP contribution in [0, 0.1) is 5.92 Å². The molecule has 2 aromatic rings. The molecule has 29 heavy (non-hydrogen) atoms. The van der Waals surface area contributed by atoms with Crippen LogP contribution in [0.4, 0.5) is 0 Å². The van der Waals surface area contributed by atoms with Gasteiger partial charge in [0.15, 0.2) is 0 Å². The second-order valence-electron chi connectivity index (χ2n) is 8.21. The normalized spacial score (nSPS) is 18.5. The number of rotatable bonds is 3. The van der Waals surface area contributed by atoms with Crippen molar-refractivity contribution >= 4 is 22.6 Å². The minimum absolute atomic E-state index is 0.00623. The third-order valence-corrected chi connectivity index (χ3v) is 6.35. The Morgan fingerprint density at radius 3 is 2.10 bits per heavy atom. The Labute approximate surface area is 172 Å². The fraction of sp³-hybridized carbons (Fsp3) is 0.500. The molecule has 2 heterocycles. The Morgan fingerprint density at radius 1 is 0.862 bits per heavy atom. The maximum absolute atomic E-state index is 13.2. The third kappa shape index (κ3) is 4.24. The molecule has 0 atom stereocenters. The molecule has 154 valence electrons. The Kier molecular flexibility index (Phi) is 6.02. The minimum atomic E-state index is -0.00623. The maximum atomic E-state index is 13.2. The van der Waals surface area contributed by atoms with Crippen molar-refractivity contribution in [1.29, 1.82) is 0 Å². The van der Waals surface area contributed by atoms with Gasteiger partial charge in [0.25, 0.3) is 5.91 Å². The zero-order chi connectivity index (χ0) is 20.2. The predicted octanol–water partition coefficient (Wildman–Crippen LogP) is 4.10. The predicted molar refractivity (Wildman–Crippen MR) is 114 cm³/mol. The van der Waals surface area contributed by atoms with Crippen molar-refractivity contribution in [1.82, 2.24) is 9.80 Å². The first-order chi connectivity index (χ1) is 14.2. The average molecular weight is 395 g/mol. The standard InChI is InChI=1S/C24H30N2O3/c1-29-22-17-20-9-5-4-8-19(20)16-21(22)24(28)26-14-10-18(11-15-26)23(27)25-12-6-2-3-7-13-25/h4-5,8-9,16-18H,2-3,6-7,10-15H2,1H3. The smallest absolute Gasteiger partial charge is 0.257 e. The van der Waals surface area contributed by atoms with Crippen LogP contribution in [0.25, 0.3) is 10.8 Å². The maximum Gasteiger partial charge on any atom is 0.257 e. The van der Waals surface area contributed by atoms with Gasteiger partial charge in [-0.2, -0.15) is 0 Å². The highest BCUT2D eigenvalue weighted by Crippen LogP contribution is 2.29. The van der Waals surface area contributed by atoms with Crippen LogP contribution in [0.3, 0.4) is 0 Å². The number of ether oxygens (including phenoxy) is 1. The first-order valence-electron chi connectivity index (χ1n) is 10.8. The van der Waals surface area contributed by atoms with Gasteiger partial charge >= 0.3 is 0 Å². The lowest BCUT2D eigenvalue weighted by atomic mass is 9.94. The molecule has 5 heteroatoms. The van der Waals surface area contributed by atoms with E-state index in [-0.39, 0.29) is 11.8 Å². The molecule has 2 aliphatic heterocycles. The fourth-order valence-electron chi connectivity index (χ4n) is 4.60. The van der Waals surface area contributed by atoms with E-state index in [1.54, 1.807) is 7.11 Å². The van der Waals surface area contributed by atoms with Gasteiger partial charge in [-0.1, -0.05) is 37.1 Å². The SMILES string of the molecule is COc1cc2ccccc2cc1C(=O)N1CCC(C(=O)N2CCCCCC2)CC1. The summed E-state index contributed by atoms with van der Waals surface area (Å²) in [4.78, 5) is 30.0. The second-order valence-corrected chi connectivity index (χ2v) is 8.21. The molecule has 4 rings (SSSR count). The van der Waals surface area contributed by atoms with Crippen molar-refractivity contribution < 1.29 is 14.3 Å². The van der Waals surface area contributed by atoms with Gasteiger partial charge in [-0.15, -0.1) is 0 Å². The van der Waals surface area contributed by atoms with Crippen molar-refractivity contribution in [2.75, 3.05) is 33.3 Å². The van der Waals surface area contributed by atoms with Crippen molar-refractivity contribution in [2.45, 2.75) is 38.5 Å². The largest absolute Gasteiger partial charge is 0.496 e. The highest BCUT2D eigenvalue weighted by molar-refractivity contribution is 6.01. The third-order valence-electron chi connectivity index (χ3n) is 6.35. The van der Waals surface area contributed by atoms with E-state index in [9.17, 15) is 9.59 Å². The molecule has 0 aliphatic carbocycles. The molecule has 2 fully saturated rings. The molecule has 0 aromatic heterocycles. The highest BCUT2D eigenvalue weighted by Gasteiger charge is 2.31. The number of methoxy groups -OCH3 is 1. The molecule has 0 spiro atoms. The summed E-state index contributed by atoms with van der Waals surface area (Å²) in [5, 5.41) is 2.09. The number of benzene rings is 2. The molecule has 0 radical (unpaired) electrons. The summed E-state index contributed by atoms with van der Waals surface area (Å²) in [6.45, 7) is 3.04. The van der Waals surface area contributed by atoms with Crippen LogP contribution in [0.1, 0.15) is 48.9 Å². The van der Waals surface area contributed by atoms with Crippen LogP contribution in [-0.4, -0.2) is 54.9 Å². The lowest BCUT2D eigenvalue weighted by Gasteiger charge is -2.34. The summed E-state index contributed by atoms with van der Waals surface area (Å²) in [5.74, 6) is 0.947. The number of nitrogens with zero attached hydrogens (tertiary/aromatic N) is 2. The van der Waals surface area contributed by atoms with E-state index >= 15 is 0 Å². The van der Waals surface area contributed by atoms with Crippen LogP contribution in [0.2, 0.25) is 0 Å². The minimum Gasteiger partial charge on any atom is -0.496 e. The number of likely N-dealkylation sites (tertiary alicyclic amines) is 2. The van der Waals surface area contributed by atoms with Gasteiger partial charge in [0.2, 0.25) is 5.91 Å². The number of amides is 2. The number of fused-ring (bicyclic) bond motifs is 1. The molecule has 2 aliphatic rings. The number of carbonyl (C=O) groups is 2. The summed E-state index contributed by atoms with van der Waals surface area (Å²) in [6, 6.07) is 11.8. The first kappa shape index (κ1) is 19.7. The summed E-state index contributed by atoms with van der Waals surface area (Å²) in [6.07, 6.45) is 6.18. The highest BCUT2D eigenvalue weighted by atomic mass is 16.5. The van der Waals surface area contributed by atoms with Gasteiger partial charge < -0.3 is 14.5 Å². The zero-order valence-electron chi connectivity index (χ0n) is 17.2. The number of hydrogen-bond donors (Lipinski definition) is 0. The molecule has 2 saturated heterocycles. The van der Waals surface area contributed by atoms with Crippen molar-refractivity contribution in [3.8, 4) is 5.75 Å². The van der Waals surface area contributed by atoms with E-state index < -0.39 is 0 Å². The van der Waals surface area contributed by atoms with Crippen molar-refractivity contribution in [3.63, 3.8) is 0 Å². The molecule has 0 bridgehead atoms. The van der Waals surface area contributed by atoms with E-state index in [0.29, 0.717) is 30.3 Å². The average Bonchev–Trinajstić information content (AvgIpc) is 3.07. The molecular formula is C24H30N2O3. The first-order valence-corrected chi connectivity index (χ1v) is 10.8. The Hall–Kier alpha value is -2.56. The van der Waals surface area contributed by atoms with E-state index in [1.165, 1.54) is 12.8 Å². The molecule has 5 nitrogen and oxygen atoms in total. The van der Waals surface area contributed by atoms with Crippen molar-refractivity contribution in [3.05, 3.63) is 42.0 Å². The summed E-state index contributed by atoms with van der Waals surface area (Å²) >= 11 is 0. The van der Waals surface area contributed by atoms with E-state index in [4.69, 9.17) is 4.74 Å². The molecule has 0 N–H and O–H groups in total. The topological polar surface area (TPSA) is 49.9 Å². The van der Waals surface area contributed by atoms with Gasteiger partial charge in [-0.3, -0.25) is 9.59 Å². The van der Waals surface area contributed by atoms with E-state index in [0.717, 1.165) is 49.5 Å². The van der Waals surface area contributed by atoms with Crippen LogP contribution in [0.15, 0.2) is 36.4 Å². The van der Waals surface area contributed by atoms with Gasteiger partial charge in [0, 0.05) is 32.1 Å². The molecule has 2 amide bonds. The monoisotopic (exact) mass is 394 g/mol. The fourth-order valence-corrected chi connectivity index (χ4v) is 4.60. The Balaban J connectivity index is 1.44. The number of piperidine rings is 1. The van der Waals surface area contributed by atoms with Crippen LogP contribution in [0.5, 0.6) is 5.75 Å². The Morgan fingerprint density at radius 2 is 1.48 bits per heavy atom. The lowest BCUT2D eigenvalue weighted by molar-refractivity contribution is -0.136. The molecule has 0 unspecified atom stereocenters. The Bertz CT molecular complexity index is 879. The number of carbonyl (C=O) groups excluding carboxylic acids is 2. The second kappa shape index (κ2) is 8.85. The van der Waals surface area contributed by atoms with Crippen molar-refractivity contribution in [2.24, 2.45) is 5.92 Å². The van der Waals surface area contributed by atoms with Gasteiger partial charge in [-0.05, 0) is 48.6 Å². The molecular weight excluding hydrogens is 364 g/mol. The summed E-state index contributed by atoms with van der Waals surface area (Å²) in [7, 11) is 1.60. The quantitative estimate of drug-likeness (QED) is 0.787. The van der Waals surface area contributed by atoms with E-state index in [2.05, 4.69) is 4.90 Å². The summed E-state index contributed by atoms with van der Waals surface area (Å²) in [5.41, 5.74) is 0.600. The van der Waals surface area contributed by atoms with Crippen LogP contribution < -0.4 is 4.74 Å². The van der Waals surface area contributed by atoms with Gasteiger partial charge in [0.1, 0.15) is 5.75 Å². The molecule has 0 saturated carbocycles. The van der Waals surface area contributed by atoms with Crippen LogP contribution >= 0.6 is 0 Å². The molecule has 2 aromatic carbocycles. The van der Waals surface area contributed by atoms with Gasteiger partial charge in [0.05, 0.1) is 12.7 Å². The zero-order valence-corrected chi connectivity index (χ0v) is 17.2. The lowest BCUT2D eigenvalue weighted by Crippen LogP contribution is -2.44. The number of hydrogen-bond acceptors (Lipinski definition) is 3. The van der Waals surface area contributed by atoms with E-state index in [1.807, 2.05) is 41.3 Å². The van der Waals surface area contributed by atoms with Gasteiger partial charge in [-0.25, -0.2) is 0 Å². The summed E-state index contributed by atoms with van der Waals surface area (Å²) < 4.78 is 5.51.